The minimum atomic E-state index is -1.34. The molecule has 9 heteroatoms. The summed E-state index contributed by atoms with van der Waals surface area (Å²) in [5.74, 6) is -0.416. The number of hydrogen-bond donors (Lipinski definition) is 3. The Morgan fingerprint density at radius 2 is 1.76 bits per heavy atom. The van der Waals surface area contributed by atoms with Crippen molar-refractivity contribution in [1.29, 1.82) is 0 Å². The number of anilines is 1. The molecular formula is C45H50ClFN2O5. The summed E-state index contributed by atoms with van der Waals surface area (Å²) in [6, 6.07) is 26.6. The molecule has 284 valence electrons. The first-order valence-corrected chi connectivity index (χ1v) is 19.2. The van der Waals surface area contributed by atoms with Gasteiger partial charge in [-0.25, -0.2) is 9.18 Å². The second-order valence-corrected chi connectivity index (χ2v) is 15.7. The van der Waals surface area contributed by atoms with Gasteiger partial charge in [0.05, 0.1) is 25.4 Å². The molecule has 0 aliphatic heterocycles. The number of nitrogens with zero attached hydrogens (tertiary/aromatic N) is 1. The van der Waals surface area contributed by atoms with E-state index in [1.807, 2.05) is 48.5 Å². The van der Waals surface area contributed by atoms with E-state index in [1.54, 1.807) is 42.3 Å². The van der Waals surface area contributed by atoms with Gasteiger partial charge in [-0.05, 0) is 117 Å². The number of nitrogens with one attached hydrogen (secondary N) is 1. The summed E-state index contributed by atoms with van der Waals surface area (Å²) in [5, 5.41) is 27.2. The van der Waals surface area contributed by atoms with Crippen molar-refractivity contribution in [3.63, 3.8) is 0 Å². The van der Waals surface area contributed by atoms with Gasteiger partial charge in [0, 0.05) is 40.2 Å². The van der Waals surface area contributed by atoms with Crippen LogP contribution in [-0.4, -0.2) is 52.3 Å². The first-order chi connectivity index (χ1) is 25.9. The summed E-state index contributed by atoms with van der Waals surface area (Å²) in [6.45, 7) is 4.48. The molecule has 4 aromatic carbocycles. The lowest BCUT2D eigenvalue weighted by atomic mass is 9.64. The maximum Gasteiger partial charge on any atom is 0.322 e. The van der Waals surface area contributed by atoms with Crippen LogP contribution < -0.4 is 10.1 Å². The Kier molecular flexibility index (Phi) is 12.3. The number of aliphatic hydroxyl groups excluding tert-OH is 1. The predicted molar refractivity (Wildman–Crippen MR) is 212 cm³/mol. The number of Topliss-reactive ketones (excluding diaryl/α,β-unsaturated/α-hetero) is 1. The number of rotatable bonds is 9. The smallest absolute Gasteiger partial charge is 0.322 e. The van der Waals surface area contributed by atoms with Crippen molar-refractivity contribution in [1.82, 2.24) is 4.90 Å². The number of amides is 2. The molecule has 0 unspecified atom stereocenters. The van der Waals surface area contributed by atoms with Crippen LogP contribution in [-0.2, 0) is 19.4 Å². The molecule has 1 fully saturated rings. The van der Waals surface area contributed by atoms with Crippen LogP contribution in [0.5, 0.6) is 5.75 Å². The van der Waals surface area contributed by atoms with Gasteiger partial charge in [-0.3, -0.25) is 4.79 Å². The van der Waals surface area contributed by atoms with Gasteiger partial charge in [0.25, 0.3) is 0 Å². The van der Waals surface area contributed by atoms with Gasteiger partial charge in [-0.2, -0.15) is 0 Å². The SMILES string of the molecule is COc1ccc(NC(=O)N(Cc2ccccc2)C[C@]2(O)CC[C@H]3c4ccc(cc4C(=O)Cc4c(F)cccc4Cl)C[C@@H](O)CCC(C)=CCC[C@@]32C)cc1. The molecule has 4 atom stereocenters. The molecule has 0 aromatic heterocycles. The molecule has 3 N–H and O–H groups in total. The average molecular weight is 753 g/mol. The molecule has 3 aliphatic rings. The van der Waals surface area contributed by atoms with Gasteiger partial charge in [0.2, 0.25) is 0 Å². The van der Waals surface area contributed by atoms with Crippen LogP contribution in [0.25, 0.3) is 0 Å². The molecular weight excluding hydrogens is 703 g/mol. The van der Waals surface area contributed by atoms with Crippen molar-refractivity contribution in [3.8, 4) is 5.75 Å². The summed E-state index contributed by atoms with van der Waals surface area (Å²) in [7, 11) is 1.59. The number of hydrogen-bond acceptors (Lipinski definition) is 5. The Morgan fingerprint density at radius 1 is 1.00 bits per heavy atom. The summed E-state index contributed by atoms with van der Waals surface area (Å²) in [5.41, 5.74) is 2.75. The summed E-state index contributed by atoms with van der Waals surface area (Å²) in [4.78, 5) is 30.1. The lowest BCUT2D eigenvalue weighted by molar-refractivity contribution is -0.0773. The Morgan fingerprint density at radius 3 is 2.48 bits per heavy atom. The van der Waals surface area contributed by atoms with Crippen molar-refractivity contribution in [3.05, 3.63) is 141 Å². The van der Waals surface area contributed by atoms with Gasteiger partial charge in [0.15, 0.2) is 5.78 Å². The van der Waals surface area contributed by atoms with Crippen LogP contribution in [0.3, 0.4) is 0 Å². The zero-order valence-electron chi connectivity index (χ0n) is 31.3. The van der Waals surface area contributed by atoms with E-state index in [-0.39, 0.29) is 47.8 Å². The van der Waals surface area contributed by atoms with E-state index in [0.29, 0.717) is 55.5 Å². The molecule has 0 spiro atoms. The van der Waals surface area contributed by atoms with Crippen LogP contribution >= 0.6 is 11.6 Å². The largest absolute Gasteiger partial charge is 0.497 e. The van der Waals surface area contributed by atoms with Crippen LogP contribution in [0.2, 0.25) is 5.02 Å². The van der Waals surface area contributed by atoms with E-state index in [2.05, 4.69) is 25.2 Å². The fourth-order valence-corrected chi connectivity index (χ4v) is 8.62. The lowest BCUT2D eigenvalue weighted by Gasteiger charge is -2.46. The number of aliphatic hydroxyl groups is 2. The third-order valence-corrected chi connectivity index (χ3v) is 12.0. The first kappa shape index (κ1) is 39.2. The maximum atomic E-state index is 15.0. The Balaban J connectivity index is 1.40. The molecule has 0 radical (unpaired) electrons. The van der Waals surface area contributed by atoms with E-state index in [1.165, 1.54) is 17.7 Å². The predicted octanol–water partition coefficient (Wildman–Crippen LogP) is 9.69. The molecule has 2 bridgehead atoms. The minimum absolute atomic E-state index is 0.0535. The molecule has 1 saturated carbocycles. The number of methoxy groups -OCH3 is 1. The van der Waals surface area contributed by atoms with Gasteiger partial charge in [-0.1, -0.05) is 78.7 Å². The Bertz CT molecular complexity index is 1970. The number of benzene rings is 4. The number of fused-ring (bicyclic) bond motifs is 8. The number of carbonyl (C=O) groups is 2. The highest BCUT2D eigenvalue weighted by Crippen LogP contribution is 2.59. The van der Waals surface area contributed by atoms with Crippen molar-refractivity contribution in [2.45, 2.75) is 89.4 Å². The fraction of sp³-hybridized carbons (Fsp3) is 0.378. The second-order valence-electron chi connectivity index (χ2n) is 15.2. The quantitative estimate of drug-likeness (QED) is 0.117. The Hall–Kier alpha value is -4.50. The van der Waals surface area contributed by atoms with Gasteiger partial charge in [-0.15, -0.1) is 0 Å². The first-order valence-electron chi connectivity index (χ1n) is 18.8. The highest BCUT2D eigenvalue weighted by molar-refractivity contribution is 6.31. The van der Waals surface area contributed by atoms with Gasteiger partial charge < -0.3 is 25.2 Å². The van der Waals surface area contributed by atoms with E-state index in [9.17, 15) is 24.2 Å². The van der Waals surface area contributed by atoms with Crippen LogP contribution in [0.15, 0.2) is 103 Å². The molecule has 7 nitrogen and oxygen atoms in total. The Labute approximate surface area is 322 Å². The number of allylic oxidation sites excluding steroid dienone is 2. The standard InChI is InChI=1S/C45H50ClFN2O5/c1-30-9-8-23-44(2)39(36-21-15-32(25-34(50)18-14-30)26-37(36)42(51)27-38-40(46)12-7-13-41(38)47)22-24-45(44,53)29-49(28-31-10-5-4-6-11-31)43(52)48-33-16-19-35(54-3)20-17-33/h4-7,9-13,15-17,19-21,26,34,39,50,53H,8,14,18,22-25,27-29H2,1-3H3,(H,48,52)/t34-,39-,44-,45+/m0/s1. The third-order valence-electron chi connectivity index (χ3n) is 11.7. The van der Waals surface area contributed by atoms with E-state index >= 15 is 0 Å². The second kappa shape index (κ2) is 16.9. The van der Waals surface area contributed by atoms with Crippen LogP contribution in [0.1, 0.15) is 90.9 Å². The van der Waals surface area contributed by atoms with Crippen LogP contribution in [0.4, 0.5) is 14.9 Å². The van der Waals surface area contributed by atoms with Crippen molar-refractivity contribution in [2.75, 3.05) is 19.0 Å². The molecule has 2 amide bonds. The summed E-state index contributed by atoms with van der Waals surface area (Å²) in [6.07, 6.45) is 5.25. The van der Waals surface area contributed by atoms with E-state index < -0.39 is 22.9 Å². The molecule has 7 rings (SSSR count). The minimum Gasteiger partial charge on any atom is -0.497 e. The molecule has 3 aliphatic carbocycles. The molecule has 0 heterocycles. The number of halogens is 2. The normalized spacial score (nSPS) is 22.8. The number of carbonyl (C=O) groups excluding carboxylic acids is 2. The van der Waals surface area contributed by atoms with Crippen molar-refractivity contribution >= 4 is 29.1 Å². The highest BCUT2D eigenvalue weighted by atomic mass is 35.5. The molecule has 4 aromatic rings. The fourth-order valence-electron chi connectivity index (χ4n) is 8.39. The van der Waals surface area contributed by atoms with E-state index in [4.69, 9.17) is 16.3 Å². The van der Waals surface area contributed by atoms with Crippen LogP contribution in [0, 0.1) is 11.2 Å². The monoisotopic (exact) mass is 752 g/mol. The molecule has 54 heavy (non-hydrogen) atoms. The number of ketones is 1. The number of urea groups is 1. The number of ether oxygens (including phenoxy) is 1. The zero-order valence-corrected chi connectivity index (χ0v) is 32.0. The average Bonchev–Trinajstić information content (AvgIpc) is 3.41. The maximum absolute atomic E-state index is 15.0. The summed E-state index contributed by atoms with van der Waals surface area (Å²) < 4.78 is 20.3. The van der Waals surface area contributed by atoms with E-state index in [0.717, 1.165) is 23.1 Å². The topological polar surface area (TPSA) is 99.1 Å². The van der Waals surface area contributed by atoms with Crippen molar-refractivity contribution in [2.24, 2.45) is 5.41 Å². The van der Waals surface area contributed by atoms with Gasteiger partial charge in [0.1, 0.15) is 11.6 Å². The third kappa shape index (κ3) is 8.72. The highest BCUT2D eigenvalue weighted by Gasteiger charge is 2.57. The lowest BCUT2D eigenvalue weighted by Crippen LogP contribution is -2.54. The van der Waals surface area contributed by atoms with Crippen molar-refractivity contribution < 1.29 is 28.9 Å². The zero-order chi connectivity index (χ0) is 38.5. The summed E-state index contributed by atoms with van der Waals surface area (Å²) >= 11 is 6.39. The van der Waals surface area contributed by atoms with Gasteiger partial charge >= 0.3 is 6.03 Å². The molecule has 0 saturated heterocycles.